The van der Waals surface area contributed by atoms with E-state index in [1.165, 1.54) is 11.1 Å². The van der Waals surface area contributed by atoms with Gasteiger partial charge in [0, 0.05) is 7.05 Å². The molecule has 0 saturated heterocycles. The Hall–Kier alpha value is -1.35. The highest BCUT2D eigenvalue weighted by Gasteiger charge is 2.27. The molecule has 2 N–H and O–H groups in total. The summed E-state index contributed by atoms with van der Waals surface area (Å²) in [6, 6.07) is 8.17. The van der Waals surface area contributed by atoms with Crippen LogP contribution in [0, 0.1) is 0 Å². The zero-order valence-electron chi connectivity index (χ0n) is 10.5. The lowest BCUT2D eigenvalue weighted by Crippen LogP contribution is -2.42. The molecule has 1 aliphatic rings. The van der Waals surface area contributed by atoms with Crippen molar-refractivity contribution in [2.75, 3.05) is 7.05 Å². The normalized spacial score (nSPS) is 20.5. The van der Waals surface area contributed by atoms with Gasteiger partial charge in [-0.25, -0.2) is 0 Å². The second-order valence-electron chi connectivity index (χ2n) is 4.84. The van der Waals surface area contributed by atoms with Gasteiger partial charge in [-0.1, -0.05) is 24.3 Å². The van der Waals surface area contributed by atoms with Gasteiger partial charge in [0.15, 0.2) is 0 Å². The number of carbonyl (C=O) groups excluding carboxylic acids is 1. The van der Waals surface area contributed by atoms with Crippen LogP contribution in [0.3, 0.4) is 0 Å². The maximum Gasteiger partial charge on any atom is 0.239 e. The van der Waals surface area contributed by atoms with Crippen LogP contribution in [0.5, 0.6) is 0 Å². The fraction of sp³-hybridized carbons (Fsp3) is 0.500. The van der Waals surface area contributed by atoms with Crippen molar-refractivity contribution in [3.63, 3.8) is 0 Å². The molecule has 2 rings (SSSR count). The second kappa shape index (κ2) is 4.88. The van der Waals surface area contributed by atoms with Crippen molar-refractivity contribution in [2.45, 2.75) is 38.3 Å². The van der Waals surface area contributed by atoms with Gasteiger partial charge >= 0.3 is 0 Å². The van der Waals surface area contributed by atoms with Crippen molar-refractivity contribution < 1.29 is 4.79 Å². The highest BCUT2D eigenvalue weighted by molar-refractivity contribution is 5.81. The van der Waals surface area contributed by atoms with E-state index < -0.39 is 6.04 Å². The predicted molar refractivity (Wildman–Crippen MR) is 68.5 cm³/mol. The minimum absolute atomic E-state index is 0.0201. The molecular formula is C14H20N2O. The van der Waals surface area contributed by atoms with Gasteiger partial charge in [-0.2, -0.15) is 0 Å². The number of fused-ring (bicyclic) bond motifs is 1. The number of hydrogen-bond donors (Lipinski definition) is 1. The number of nitrogens with zero attached hydrogens (tertiary/aromatic N) is 1. The first-order valence-electron chi connectivity index (χ1n) is 6.21. The summed E-state index contributed by atoms with van der Waals surface area (Å²) in [6.07, 6.45) is 3.29. The van der Waals surface area contributed by atoms with E-state index in [1.807, 2.05) is 18.0 Å². The second-order valence-corrected chi connectivity index (χ2v) is 4.84. The lowest BCUT2D eigenvalue weighted by atomic mass is 9.87. The molecule has 0 aromatic heterocycles. The van der Waals surface area contributed by atoms with Crippen molar-refractivity contribution in [3.8, 4) is 0 Å². The highest BCUT2D eigenvalue weighted by Crippen LogP contribution is 2.33. The minimum atomic E-state index is -0.422. The van der Waals surface area contributed by atoms with E-state index in [0.717, 1.165) is 19.3 Å². The van der Waals surface area contributed by atoms with Crippen molar-refractivity contribution in [2.24, 2.45) is 5.73 Å². The summed E-state index contributed by atoms with van der Waals surface area (Å²) in [7, 11) is 1.86. The summed E-state index contributed by atoms with van der Waals surface area (Å²) < 4.78 is 0. The Morgan fingerprint density at radius 3 is 2.88 bits per heavy atom. The molecule has 2 unspecified atom stereocenters. The van der Waals surface area contributed by atoms with E-state index in [0.29, 0.717) is 0 Å². The third-order valence-corrected chi connectivity index (χ3v) is 3.54. The Morgan fingerprint density at radius 2 is 2.18 bits per heavy atom. The van der Waals surface area contributed by atoms with E-state index in [9.17, 15) is 4.79 Å². The van der Waals surface area contributed by atoms with Crippen LogP contribution < -0.4 is 5.73 Å². The molecular weight excluding hydrogens is 212 g/mol. The van der Waals surface area contributed by atoms with Crippen LogP contribution in [0.2, 0.25) is 0 Å². The van der Waals surface area contributed by atoms with Crippen LogP contribution in [0.4, 0.5) is 0 Å². The van der Waals surface area contributed by atoms with Crippen molar-refractivity contribution >= 4 is 5.91 Å². The first-order chi connectivity index (χ1) is 8.11. The number of amides is 1. The zero-order valence-corrected chi connectivity index (χ0v) is 10.5. The highest BCUT2D eigenvalue weighted by atomic mass is 16.2. The third-order valence-electron chi connectivity index (χ3n) is 3.54. The number of nitrogens with two attached hydrogens (primary N) is 1. The summed E-state index contributed by atoms with van der Waals surface area (Å²) in [5, 5.41) is 0. The van der Waals surface area contributed by atoms with E-state index in [2.05, 4.69) is 18.2 Å². The molecule has 0 fully saturated rings. The molecule has 0 spiro atoms. The maximum absolute atomic E-state index is 12.0. The summed E-state index contributed by atoms with van der Waals surface area (Å²) in [6.45, 7) is 1.74. The third kappa shape index (κ3) is 2.34. The summed E-state index contributed by atoms with van der Waals surface area (Å²) >= 11 is 0. The van der Waals surface area contributed by atoms with Gasteiger partial charge < -0.3 is 10.6 Å². The lowest BCUT2D eigenvalue weighted by Gasteiger charge is -2.34. The smallest absolute Gasteiger partial charge is 0.239 e. The molecule has 0 bridgehead atoms. The largest absolute Gasteiger partial charge is 0.337 e. The summed E-state index contributed by atoms with van der Waals surface area (Å²) in [5.74, 6) is 0.0201. The molecule has 0 heterocycles. The molecule has 0 saturated carbocycles. The monoisotopic (exact) mass is 232 g/mol. The molecule has 3 heteroatoms. The standard InChI is InChI=1S/C14H20N2O/c1-10(15)14(17)16(2)13-9-5-7-11-6-3-4-8-12(11)13/h3-4,6,8,10,13H,5,7,9,15H2,1-2H3. The van der Waals surface area contributed by atoms with Crippen LogP contribution >= 0.6 is 0 Å². The van der Waals surface area contributed by atoms with Crippen LogP contribution in [0.15, 0.2) is 24.3 Å². The molecule has 17 heavy (non-hydrogen) atoms. The zero-order chi connectivity index (χ0) is 12.4. The van der Waals surface area contributed by atoms with Crippen molar-refractivity contribution in [1.82, 2.24) is 4.90 Å². The Kier molecular flexibility index (Phi) is 3.48. The average molecular weight is 232 g/mol. The Labute approximate surface area is 103 Å². The lowest BCUT2D eigenvalue weighted by molar-refractivity contribution is -0.133. The molecule has 92 valence electrons. The van der Waals surface area contributed by atoms with E-state index >= 15 is 0 Å². The molecule has 1 aromatic carbocycles. The Balaban J connectivity index is 2.26. The molecule has 3 nitrogen and oxygen atoms in total. The van der Waals surface area contributed by atoms with E-state index in [4.69, 9.17) is 5.73 Å². The molecule has 2 atom stereocenters. The summed E-state index contributed by atoms with van der Waals surface area (Å²) in [4.78, 5) is 13.8. The van der Waals surface area contributed by atoms with Crippen LogP contribution in [0.25, 0.3) is 0 Å². The number of aryl methyl sites for hydroxylation is 1. The van der Waals surface area contributed by atoms with Crippen LogP contribution in [-0.4, -0.2) is 23.9 Å². The fourth-order valence-electron chi connectivity index (χ4n) is 2.61. The fourth-order valence-corrected chi connectivity index (χ4v) is 2.61. The number of benzene rings is 1. The maximum atomic E-state index is 12.0. The van der Waals surface area contributed by atoms with E-state index in [1.54, 1.807) is 6.92 Å². The predicted octanol–water partition coefficient (Wildman–Crippen LogP) is 1.87. The van der Waals surface area contributed by atoms with Gasteiger partial charge in [-0.15, -0.1) is 0 Å². The Morgan fingerprint density at radius 1 is 1.47 bits per heavy atom. The van der Waals surface area contributed by atoms with Gasteiger partial charge in [0.1, 0.15) is 0 Å². The number of rotatable bonds is 2. The minimum Gasteiger partial charge on any atom is -0.337 e. The summed E-state index contributed by atoms with van der Waals surface area (Å²) in [5.41, 5.74) is 8.33. The number of hydrogen-bond acceptors (Lipinski definition) is 2. The van der Waals surface area contributed by atoms with Crippen LogP contribution in [0.1, 0.15) is 36.9 Å². The first-order valence-corrected chi connectivity index (χ1v) is 6.21. The van der Waals surface area contributed by atoms with Crippen molar-refractivity contribution in [3.05, 3.63) is 35.4 Å². The number of likely N-dealkylation sites (N-methyl/N-ethyl adjacent to an activating group) is 1. The van der Waals surface area contributed by atoms with Gasteiger partial charge in [0.05, 0.1) is 12.1 Å². The SMILES string of the molecule is CC(N)C(=O)N(C)C1CCCc2ccccc21. The molecule has 1 aromatic rings. The molecule has 1 amide bonds. The van der Waals surface area contributed by atoms with Gasteiger partial charge in [0.25, 0.3) is 0 Å². The van der Waals surface area contributed by atoms with Gasteiger partial charge in [-0.05, 0) is 37.3 Å². The van der Waals surface area contributed by atoms with Gasteiger partial charge in [-0.3, -0.25) is 4.79 Å². The molecule has 1 aliphatic carbocycles. The van der Waals surface area contributed by atoms with E-state index in [-0.39, 0.29) is 11.9 Å². The Bertz CT molecular complexity index is 414. The van der Waals surface area contributed by atoms with Crippen LogP contribution in [-0.2, 0) is 11.2 Å². The molecule has 0 radical (unpaired) electrons. The topological polar surface area (TPSA) is 46.3 Å². The van der Waals surface area contributed by atoms with Gasteiger partial charge in [0.2, 0.25) is 5.91 Å². The first kappa shape index (κ1) is 12.1. The molecule has 0 aliphatic heterocycles. The number of carbonyl (C=O) groups is 1. The average Bonchev–Trinajstić information content (AvgIpc) is 2.36. The van der Waals surface area contributed by atoms with Crippen molar-refractivity contribution in [1.29, 1.82) is 0 Å². The quantitative estimate of drug-likeness (QED) is 0.846.